The summed E-state index contributed by atoms with van der Waals surface area (Å²) in [6.07, 6.45) is 0.570. The molecule has 3 rings (SSSR count). The summed E-state index contributed by atoms with van der Waals surface area (Å²) < 4.78 is 16.6. The van der Waals surface area contributed by atoms with Gasteiger partial charge in [0.2, 0.25) is 0 Å². The van der Waals surface area contributed by atoms with Gasteiger partial charge in [0, 0.05) is 17.4 Å². The second-order valence-electron chi connectivity index (χ2n) is 5.61. The van der Waals surface area contributed by atoms with Gasteiger partial charge in [0.15, 0.2) is 0 Å². The molecule has 0 bridgehead atoms. The first-order valence-corrected chi connectivity index (χ1v) is 8.18. The number of ether oxygens (including phenoxy) is 3. The van der Waals surface area contributed by atoms with E-state index < -0.39 is 0 Å². The van der Waals surface area contributed by atoms with Crippen molar-refractivity contribution in [2.24, 2.45) is 0 Å². The number of rotatable bonds is 6. The molecule has 0 saturated heterocycles. The molecule has 0 amide bonds. The fourth-order valence-corrected chi connectivity index (χ4v) is 2.94. The number of pyridine rings is 1. The average Bonchev–Trinajstić information content (AvgIpc) is 2.63. The third-order valence-corrected chi connectivity index (χ3v) is 4.12. The molecular weight excluding hydrogens is 316 g/mol. The maximum absolute atomic E-state index is 6.23. The normalized spacial score (nSPS) is 10.7. The van der Waals surface area contributed by atoms with Gasteiger partial charge in [-0.1, -0.05) is 18.2 Å². The predicted molar refractivity (Wildman–Crippen MR) is 99.7 cm³/mol. The van der Waals surface area contributed by atoms with Crippen molar-refractivity contribution in [2.45, 2.75) is 13.3 Å². The van der Waals surface area contributed by atoms with Crippen LogP contribution in [-0.2, 0) is 6.42 Å². The van der Waals surface area contributed by atoms with E-state index in [9.17, 15) is 0 Å². The summed E-state index contributed by atoms with van der Waals surface area (Å²) >= 11 is 0. The van der Waals surface area contributed by atoms with Gasteiger partial charge < -0.3 is 19.9 Å². The van der Waals surface area contributed by atoms with Crippen LogP contribution in [0.25, 0.3) is 10.9 Å². The summed E-state index contributed by atoms with van der Waals surface area (Å²) in [5.74, 6) is 2.75. The Bertz CT molecular complexity index is 871. The molecule has 3 aromatic rings. The van der Waals surface area contributed by atoms with E-state index in [1.807, 2.05) is 49.4 Å². The Morgan fingerprint density at radius 3 is 2.24 bits per heavy atom. The summed E-state index contributed by atoms with van der Waals surface area (Å²) in [6, 6.07) is 13.6. The number of hydrogen-bond donors (Lipinski definition) is 1. The smallest absolute Gasteiger partial charge is 0.145 e. The number of nitrogen functional groups attached to an aromatic ring is 1. The monoisotopic (exact) mass is 338 g/mol. The van der Waals surface area contributed by atoms with Crippen molar-refractivity contribution in [2.75, 3.05) is 26.6 Å². The highest BCUT2D eigenvalue weighted by Gasteiger charge is 2.14. The van der Waals surface area contributed by atoms with Crippen LogP contribution in [0.2, 0.25) is 0 Å². The molecule has 0 radical (unpaired) electrons. The number of anilines is 1. The zero-order chi connectivity index (χ0) is 17.8. The van der Waals surface area contributed by atoms with Gasteiger partial charge in [-0.05, 0) is 36.8 Å². The molecular formula is C20H22N2O3. The fourth-order valence-electron chi connectivity index (χ4n) is 2.94. The Balaban J connectivity index is 2.07. The SMILES string of the molecule is CCOc1cccc2cc(Cc3c(OC)cccc3OC)c(N)nc12. The lowest BCUT2D eigenvalue weighted by Crippen LogP contribution is -2.03. The van der Waals surface area contributed by atoms with Crippen molar-refractivity contribution in [3.8, 4) is 17.2 Å². The quantitative estimate of drug-likeness (QED) is 0.740. The Kier molecular flexibility index (Phi) is 4.93. The van der Waals surface area contributed by atoms with Crippen LogP contribution in [-0.4, -0.2) is 25.8 Å². The Labute approximate surface area is 147 Å². The van der Waals surface area contributed by atoms with Crippen molar-refractivity contribution in [3.63, 3.8) is 0 Å². The number of fused-ring (bicyclic) bond motifs is 1. The van der Waals surface area contributed by atoms with Gasteiger partial charge >= 0.3 is 0 Å². The predicted octanol–water partition coefficient (Wildman–Crippen LogP) is 3.82. The Hall–Kier alpha value is -2.95. The zero-order valence-corrected chi connectivity index (χ0v) is 14.7. The maximum atomic E-state index is 6.23. The Morgan fingerprint density at radius 1 is 0.960 bits per heavy atom. The lowest BCUT2D eigenvalue weighted by Gasteiger charge is -2.15. The van der Waals surface area contributed by atoms with Crippen molar-refractivity contribution >= 4 is 16.7 Å². The van der Waals surface area contributed by atoms with Crippen LogP contribution in [0.15, 0.2) is 42.5 Å². The Morgan fingerprint density at radius 2 is 1.60 bits per heavy atom. The molecule has 0 saturated carbocycles. The summed E-state index contributed by atoms with van der Waals surface area (Å²) in [7, 11) is 3.29. The largest absolute Gasteiger partial charge is 0.496 e. The number of methoxy groups -OCH3 is 2. The van der Waals surface area contributed by atoms with Crippen LogP contribution in [0.4, 0.5) is 5.82 Å². The topological polar surface area (TPSA) is 66.6 Å². The molecule has 5 heteroatoms. The molecule has 0 spiro atoms. The van der Waals surface area contributed by atoms with Crippen molar-refractivity contribution in [1.82, 2.24) is 4.98 Å². The van der Waals surface area contributed by atoms with Crippen molar-refractivity contribution in [1.29, 1.82) is 0 Å². The molecule has 130 valence electrons. The number of nitrogens with zero attached hydrogens (tertiary/aromatic N) is 1. The number of benzene rings is 2. The van der Waals surface area contributed by atoms with Crippen molar-refractivity contribution < 1.29 is 14.2 Å². The summed E-state index contributed by atoms with van der Waals surface area (Å²) in [5, 5.41) is 0.990. The molecule has 0 atom stereocenters. The third kappa shape index (κ3) is 3.31. The minimum atomic E-state index is 0.479. The molecule has 0 aliphatic rings. The minimum Gasteiger partial charge on any atom is -0.496 e. The summed E-state index contributed by atoms with van der Waals surface area (Å²) in [5.41, 5.74) is 8.88. The van der Waals surface area contributed by atoms with Crippen LogP contribution in [0, 0.1) is 0 Å². The minimum absolute atomic E-state index is 0.479. The summed E-state index contributed by atoms with van der Waals surface area (Å²) in [4.78, 5) is 4.57. The van der Waals surface area contributed by atoms with E-state index in [1.54, 1.807) is 14.2 Å². The van der Waals surface area contributed by atoms with E-state index in [1.165, 1.54) is 0 Å². The highest BCUT2D eigenvalue weighted by molar-refractivity contribution is 5.87. The molecule has 25 heavy (non-hydrogen) atoms. The first kappa shape index (κ1) is 16.9. The van der Waals surface area contributed by atoms with Crippen LogP contribution in [0.1, 0.15) is 18.1 Å². The van der Waals surface area contributed by atoms with Gasteiger partial charge in [0.1, 0.15) is 28.6 Å². The van der Waals surface area contributed by atoms with E-state index in [-0.39, 0.29) is 0 Å². The van der Waals surface area contributed by atoms with Crippen LogP contribution >= 0.6 is 0 Å². The highest BCUT2D eigenvalue weighted by Crippen LogP contribution is 2.33. The standard InChI is InChI=1S/C20H22N2O3/c1-4-25-18-10-5-7-13-11-14(20(21)22-19(13)18)12-15-16(23-2)8-6-9-17(15)24-3/h5-11H,4,12H2,1-3H3,(H2,21,22). The second-order valence-corrected chi connectivity index (χ2v) is 5.61. The van der Waals surface area contributed by atoms with Gasteiger partial charge in [-0.25, -0.2) is 4.98 Å². The van der Waals surface area contributed by atoms with Crippen LogP contribution in [0.5, 0.6) is 17.2 Å². The number of aromatic nitrogens is 1. The lowest BCUT2D eigenvalue weighted by atomic mass is 10.0. The van der Waals surface area contributed by atoms with Gasteiger partial charge in [0.05, 0.1) is 20.8 Å². The molecule has 0 fully saturated rings. The zero-order valence-electron chi connectivity index (χ0n) is 14.7. The van der Waals surface area contributed by atoms with Gasteiger partial charge in [-0.3, -0.25) is 0 Å². The molecule has 0 aliphatic heterocycles. The molecule has 1 aromatic heterocycles. The number of nitrogens with two attached hydrogens (primary N) is 1. The third-order valence-electron chi connectivity index (χ3n) is 4.12. The van der Waals surface area contributed by atoms with Gasteiger partial charge in [-0.2, -0.15) is 0 Å². The second kappa shape index (κ2) is 7.30. The molecule has 2 N–H and O–H groups in total. The molecule has 1 heterocycles. The average molecular weight is 338 g/mol. The van der Waals surface area contributed by atoms with E-state index in [0.29, 0.717) is 18.8 Å². The van der Waals surface area contributed by atoms with Crippen molar-refractivity contribution in [3.05, 3.63) is 53.6 Å². The number of hydrogen-bond acceptors (Lipinski definition) is 5. The molecule has 0 aliphatic carbocycles. The van der Waals surface area contributed by atoms with Gasteiger partial charge in [-0.15, -0.1) is 0 Å². The maximum Gasteiger partial charge on any atom is 0.145 e. The lowest BCUT2D eigenvalue weighted by molar-refractivity contribution is 0.343. The number of para-hydroxylation sites is 1. The molecule has 5 nitrogen and oxygen atoms in total. The van der Waals surface area contributed by atoms with E-state index >= 15 is 0 Å². The van der Waals surface area contributed by atoms with E-state index in [4.69, 9.17) is 19.9 Å². The van der Waals surface area contributed by atoms with E-state index in [0.717, 1.165) is 39.3 Å². The first-order chi connectivity index (χ1) is 12.2. The molecule has 0 unspecified atom stereocenters. The van der Waals surface area contributed by atoms with Gasteiger partial charge in [0.25, 0.3) is 0 Å². The first-order valence-electron chi connectivity index (χ1n) is 8.18. The van der Waals surface area contributed by atoms with Crippen LogP contribution < -0.4 is 19.9 Å². The van der Waals surface area contributed by atoms with E-state index in [2.05, 4.69) is 4.98 Å². The highest BCUT2D eigenvalue weighted by atomic mass is 16.5. The summed E-state index contributed by atoms with van der Waals surface area (Å²) in [6.45, 7) is 2.53. The fraction of sp³-hybridized carbons (Fsp3) is 0.250. The molecule has 2 aromatic carbocycles. The van der Waals surface area contributed by atoms with Crippen LogP contribution in [0.3, 0.4) is 0 Å².